The lowest BCUT2D eigenvalue weighted by Crippen LogP contribution is -2.44. The summed E-state index contributed by atoms with van der Waals surface area (Å²) in [6.45, 7) is -0.168. The van der Waals surface area contributed by atoms with E-state index >= 15 is 0 Å². The molecule has 2 aliphatic carbocycles. The van der Waals surface area contributed by atoms with Gasteiger partial charge in [0.25, 0.3) is 0 Å². The van der Waals surface area contributed by atoms with Gasteiger partial charge in [-0.15, -0.1) is 0 Å². The van der Waals surface area contributed by atoms with Crippen molar-refractivity contribution < 1.29 is 13.2 Å². The van der Waals surface area contributed by atoms with Gasteiger partial charge >= 0.3 is 0 Å². The van der Waals surface area contributed by atoms with Gasteiger partial charge in [-0.2, -0.15) is 4.31 Å². The standard InChI is InChI=1S/C16H21ClN2O3S/c1-19(23(21,22)14-6-4-13(17)5-7-14)10-16(20)18-15-9-11-2-3-12(15)8-11/h4-7,11-12,15H,2-3,8-10H2,1H3,(H,18,20)/t11-,12-,15-/m1/s1. The molecule has 2 bridgehead atoms. The minimum Gasteiger partial charge on any atom is -0.352 e. The van der Waals surface area contributed by atoms with Crippen molar-refractivity contribution in [2.45, 2.75) is 36.6 Å². The number of amides is 1. The number of hydrogen-bond donors (Lipinski definition) is 1. The highest BCUT2D eigenvalue weighted by molar-refractivity contribution is 7.89. The topological polar surface area (TPSA) is 66.5 Å². The van der Waals surface area contributed by atoms with Crippen LogP contribution in [0.15, 0.2) is 29.2 Å². The summed E-state index contributed by atoms with van der Waals surface area (Å²) >= 11 is 5.78. The summed E-state index contributed by atoms with van der Waals surface area (Å²) in [4.78, 5) is 12.3. The van der Waals surface area contributed by atoms with Crippen LogP contribution < -0.4 is 5.32 Å². The van der Waals surface area contributed by atoms with Gasteiger partial charge in [0, 0.05) is 18.1 Å². The number of carbonyl (C=O) groups excluding carboxylic acids is 1. The van der Waals surface area contributed by atoms with E-state index in [1.807, 2.05) is 0 Å². The second-order valence-corrected chi connectivity index (χ2v) is 9.05. The molecule has 2 fully saturated rings. The first kappa shape index (κ1) is 16.7. The fourth-order valence-electron chi connectivity index (χ4n) is 3.75. The van der Waals surface area contributed by atoms with Crippen molar-refractivity contribution in [3.63, 3.8) is 0 Å². The first-order valence-corrected chi connectivity index (χ1v) is 9.69. The molecular weight excluding hydrogens is 336 g/mol. The molecule has 1 aromatic carbocycles. The minimum atomic E-state index is -3.68. The van der Waals surface area contributed by atoms with Crippen molar-refractivity contribution in [3.8, 4) is 0 Å². The number of benzene rings is 1. The second kappa shape index (κ2) is 6.42. The Labute approximate surface area is 142 Å². The van der Waals surface area contributed by atoms with Crippen molar-refractivity contribution in [2.24, 2.45) is 11.8 Å². The molecule has 0 unspecified atom stereocenters. The van der Waals surface area contributed by atoms with E-state index in [1.54, 1.807) is 0 Å². The van der Waals surface area contributed by atoms with Gasteiger partial charge in [0.05, 0.1) is 11.4 Å². The number of hydrogen-bond acceptors (Lipinski definition) is 3. The highest BCUT2D eigenvalue weighted by Crippen LogP contribution is 2.44. The molecule has 3 atom stereocenters. The first-order chi connectivity index (χ1) is 10.9. The zero-order valence-corrected chi connectivity index (χ0v) is 14.6. The van der Waals surface area contributed by atoms with Crippen LogP contribution in [0.3, 0.4) is 0 Å². The number of sulfonamides is 1. The van der Waals surface area contributed by atoms with Crippen LogP contribution in [0.5, 0.6) is 0 Å². The van der Waals surface area contributed by atoms with Crippen LogP contribution in [-0.2, 0) is 14.8 Å². The van der Waals surface area contributed by atoms with E-state index in [0.29, 0.717) is 10.9 Å². The smallest absolute Gasteiger partial charge is 0.243 e. The monoisotopic (exact) mass is 356 g/mol. The second-order valence-electron chi connectivity index (χ2n) is 6.56. The van der Waals surface area contributed by atoms with Crippen molar-refractivity contribution in [2.75, 3.05) is 13.6 Å². The van der Waals surface area contributed by atoms with Gasteiger partial charge in [0.1, 0.15) is 0 Å². The Morgan fingerprint density at radius 1 is 1.26 bits per heavy atom. The molecule has 2 aliphatic rings. The summed E-state index contributed by atoms with van der Waals surface area (Å²) in [6.07, 6.45) is 4.67. The quantitative estimate of drug-likeness (QED) is 0.880. The van der Waals surface area contributed by atoms with Crippen LogP contribution in [0, 0.1) is 11.8 Å². The number of fused-ring (bicyclic) bond motifs is 2. The van der Waals surface area contributed by atoms with Crippen LogP contribution in [0.2, 0.25) is 5.02 Å². The molecule has 5 nitrogen and oxygen atoms in total. The van der Waals surface area contributed by atoms with Crippen molar-refractivity contribution >= 4 is 27.5 Å². The maximum absolute atomic E-state index is 12.4. The minimum absolute atomic E-state index is 0.136. The third kappa shape index (κ3) is 3.54. The van der Waals surface area contributed by atoms with E-state index in [2.05, 4.69) is 5.32 Å². The fourth-order valence-corrected chi connectivity index (χ4v) is 5.00. The molecular formula is C16H21ClN2O3S. The van der Waals surface area contributed by atoms with Crippen LogP contribution in [-0.4, -0.2) is 38.3 Å². The fraction of sp³-hybridized carbons (Fsp3) is 0.562. The van der Waals surface area contributed by atoms with Crippen LogP contribution >= 0.6 is 11.6 Å². The van der Waals surface area contributed by atoms with Crippen LogP contribution in [0.25, 0.3) is 0 Å². The normalized spacial score (nSPS) is 26.7. The number of carbonyl (C=O) groups is 1. The maximum Gasteiger partial charge on any atom is 0.243 e. The molecule has 2 saturated carbocycles. The molecule has 0 heterocycles. The summed E-state index contributed by atoms with van der Waals surface area (Å²) < 4.78 is 26.0. The molecule has 23 heavy (non-hydrogen) atoms. The first-order valence-electron chi connectivity index (χ1n) is 7.87. The van der Waals surface area contributed by atoms with Gasteiger partial charge in [0.2, 0.25) is 15.9 Å². The lowest BCUT2D eigenvalue weighted by atomic mass is 9.95. The third-order valence-corrected chi connectivity index (χ3v) is 7.04. The van der Waals surface area contributed by atoms with E-state index in [0.717, 1.165) is 16.6 Å². The molecule has 126 valence electrons. The SMILES string of the molecule is CN(CC(=O)N[C@@H]1C[C@@H]2CC[C@@H]1C2)S(=O)(=O)c1ccc(Cl)cc1. The maximum atomic E-state index is 12.4. The lowest BCUT2D eigenvalue weighted by Gasteiger charge is -2.24. The van der Waals surface area contributed by atoms with Crippen molar-refractivity contribution in [1.29, 1.82) is 0 Å². The highest BCUT2D eigenvalue weighted by Gasteiger charge is 2.40. The highest BCUT2D eigenvalue weighted by atomic mass is 35.5. The Hall–Kier alpha value is -1.11. The van der Waals surface area contributed by atoms with E-state index in [9.17, 15) is 13.2 Å². The zero-order chi connectivity index (χ0) is 16.6. The average Bonchev–Trinajstić information content (AvgIpc) is 3.10. The number of likely N-dealkylation sites (N-methyl/N-ethyl adjacent to an activating group) is 1. The predicted molar refractivity (Wildman–Crippen MR) is 88.6 cm³/mol. The molecule has 1 amide bonds. The molecule has 0 saturated heterocycles. The van der Waals surface area contributed by atoms with Crippen LogP contribution in [0.1, 0.15) is 25.7 Å². The zero-order valence-electron chi connectivity index (χ0n) is 13.0. The predicted octanol–water partition coefficient (Wildman–Crippen LogP) is 2.27. The Morgan fingerprint density at radius 3 is 2.52 bits per heavy atom. The Kier molecular flexibility index (Phi) is 4.67. The van der Waals surface area contributed by atoms with Crippen LogP contribution in [0.4, 0.5) is 0 Å². The lowest BCUT2D eigenvalue weighted by molar-refractivity contribution is -0.122. The average molecular weight is 357 g/mol. The van der Waals surface area contributed by atoms with E-state index in [-0.39, 0.29) is 23.4 Å². The van der Waals surface area contributed by atoms with Gasteiger partial charge in [-0.25, -0.2) is 8.42 Å². The number of halogens is 1. The number of nitrogens with zero attached hydrogens (tertiary/aromatic N) is 1. The Balaban J connectivity index is 1.60. The van der Waals surface area contributed by atoms with Gasteiger partial charge in [-0.05, 0) is 55.4 Å². The van der Waals surface area contributed by atoms with E-state index in [1.165, 1.54) is 50.6 Å². The molecule has 0 radical (unpaired) electrons. The van der Waals surface area contributed by atoms with E-state index in [4.69, 9.17) is 11.6 Å². The summed E-state index contributed by atoms with van der Waals surface area (Å²) in [5.41, 5.74) is 0. The molecule has 0 spiro atoms. The molecule has 1 aromatic rings. The molecule has 7 heteroatoms. The Morgan fingerprint density at radius 2 is 1.96 bits per heavy atom. The summed E-state index contributed by atoms with van der Waals surface area (Å²) in [6, 6.07) is 6.16. The summed E-state index contributed by atoms with van der Waals surface area (Å²) in [5.74, 6) is 1.07. The number of nitrogens with one attached hydrogen (secondary N) is 1. The van der Waals surface area contributed by atoms with Gasteiger partial charge in [0.15, 0.2) is 0 Å². The van der Waals surface area contributed by atoms with E-state index < -0.39 is 10.0 Å². The van der Waals surface area contributed by atoms with Crippen molar-refractivity contribution in [1.82, 2.24) is 9.62 Å². The number of rotatable bonds is 5. The molecule has 3 rings (SSSR count). The van der Waals surface area contributed by atoms with Crippen molar-refractivity contribution in [3.05, 3.63) is 29.3 Å². The Bertz CT molecular complexity index is 690. The molecule has 0 aliphatic heterocycles. The largest absolute Gasteiger partial charge is 0.352 e. The summed E-state index contributed by atoms with van der Waals surface area (Å²) in [7, 11) is -2.26. The molecule has 0 aromatic heterocycles. The van der Waals surface area contributed by atoms with Gasteiger partial charge in [-0.1, -0.05) is 18.0 Å². The third-order valence-electron chi connectivity index (χ3n) is 4.97. The van der Waals surface area contributed by atoms with Gasteiger partial charge in [-0.3, -0.25) is 4.79 Å². The van der Waals surface area contributed by atoms with Gasteiger partial charge < -0.3 is 5.32 Å². The summed E-state index contributed by atoms with van der Waals surface area (Å²) in [5, 5.41) is 3.48. The molecule has 1 N–H and O–H groups in total.